The van der Waals surface area contributed by atoms with E-state index in [2.05, 4.69) is 63.0 Å². The molecule has 0 atom stereocenters. The molecule has 1 aromatic carbocycles. The fraction of sp³-hybridized carbons (Fsp3) is 0.231. The molecule has 0 aliphatic carbocycles. The van der Waals surface area contributed by atoms with Crippen molar-refractivity contribution in [3.05, 3.63) is 99.9 Å². The van der Waals surface area contributed by atoms with E-state index < -0.39 is 0 Å². The lowest BCUT2D eigenvalue weighted by Gasteiger charge is -2.20. The van der Waals surface area contributed by atoms with Crippen LogP contribution >= 0.6 is 11.3 Å². The summed E-state index contributed by atoms with van der Waals surface area (Å²) >= 11 is 1.76. The minimum absolute atomic E-state index is 0.269. The second-order valence-electron chi connectivity index (χ2n) is 8.24. The Morgan fingerprint density at radius 1 is 1.15 bits per heavy atom. The largest absolute Gasteiger partial charge is 0.467 e. The third kappa shape index (κ3) is 5.13. The first-order valence-corrected chi connectivity index (χ1v) is 12.1. The second kappa shape index (κ2) is 10.1. The lowest BCUT2D eigenvalue weighted by molar-refractivity contribution is 0.0943. The number of aromatic nitrogens is 2. The van der Waals surface area contributed by atoms with E-state index in [1.54, 1.807) is 23.7 Å². The molecule has 174 valence electrons. The average Bonchev–Trinajstić information content (AvgIpc) is 3.65. The first kappa shape index (κ1) is 22.2. The third-order valence-electron chi connectivity index (χ3n) is 5.85. The van der Waals surface area contributed by atoms with E-state index in [-0.39, 0.29) is 11.6 Å². The molecule has 5 aromatic rings. The molecule has 34 heavy (non-hydrogen) atoms. The molecule has 2 N–H and O–H groups in total. The highest BCUT2D eigenvalue weighted by Gasteiger charge is 2.17. The predicted molar refractivity (Wildman–Crippen MR) is 132 cm³/mol. The number of furan rings is 1. The van der Waals surface area contributed by atoms with Crippen molar-refractivity contribution < 1.29 is 13.6 Å². The van der Waals surface area contributed by atoms with Crippen LogP contribution in [0.4, 0.5) is 0 Å². The van der Waals surface area contributed by atoms with Gasteiger partial charge in [0.2, 0.25) is 5.89 Å². The van der Waals surface area contributed by atoms with Gasteiger partial charge in [0.05, 0.1) is 19.4 Å². The van der Waals surface area contributed by atoms with Gasteiger partial charge in [0.25, 0.3) is 5.91 Å². The molecule has 0 aliphatic heterocycles. The number of aryl methyl sites for hydroxylation is 1. The molecule has 0 fully saturated rings. The summed E-state index contributed by atoms with van der Waals surface area (Å²) in [6.07, 6.45) is 5.98. The first-order chi connectivity index (χ1) is 16.7. The SMILES string of the molecule is Cc1ccsc1CN(CCc1c[nH]c2ccccc12)Cc1nc(C(=O)NCc2ccco2)co1. The van der Waals surface area contributed by atoms with E-state index >= 15 is 0 Å². The number of rotatable bonds is 10. The van der Waals surface area contributed by atoms with Gasteiger partial charge in [-0.15, -0.1) is 11.3 Å². The van der Waals surface area contributed by atoms with Crippen molar-refractivity contribution in [2.45, 2.75) is 33.0 Å². The van der Waals surface area contributed by atoms with Crippen LogP contribution in [0.1, 0.15) is 38.1 Å². The minimum atomic E-state index is -0.286. The number of benzene rings is 1. The maximum atomic E-state index is 12.5. The zero-order valence-corrected chi connectivity index (χ0v) is 19.7. The normalized spacial score (nSPS) is 11.5. The smallest absolute Gasteiger partial charge is 0.273 e. The molecule has 0 aliphatic rings. The fourth-order valence-electron chi connectivity index (χ4n) is 3.95. The van der Waals surface area contributed by atoms with Crippen LogP contribution in [-0.4, -0.2) is 27.3 Å². The van der Waals surface area contributed by atoms with Gasteiger partial charge in [-0.05, 0) is 54.1 Å². The highest BCUT2D eigenvalue weighted by molar-refractivity contribution is 7.10. The number of hydrogen-bond acceptors (Lipinski definition) is 6. The number of nitrogens with one attached hydrogen (secondary N) is 2. The monoisotopic (exact) mass is 474 g/mol. The minimum Gasteiger partial charge on any atom is -0.467 e. The van der Waals surface area contributed by atoms with E-state index in [1.807, 2.05) is 12.1 Å². The maximum absolute atomic E-state index is 12.5. The molecule has 8 heteroatoms. The highest BCUT2D eigenvalue weighted by Crippen LogP contribution is 2.22. The Balaban J connectivity index is 1.26. The van der Waals surface area contributed by atoms with Crippen LogP contribution in [0, 0.1) is 6.92 Å². The summed E-state index contributed by atoms with van der Waals surface area (Å²) in [5.74, 6) is 0.925. The highest BCUT2D eigenvalue weighted by atomic mass is 32.1. The Hall–Kier alpha value is -3.62. The van der Waals surface area contributed by atoms with Crippen molar-refractivity contribution in [2.24, 2.45) is 0 Å². The standard InChI is InChI=1S/C26H26N4O3S/c1-18-9-12-34-24(18)15-30(10-8-19-13-27-22-7-3-2-6-21(19)22)16-25-29-23(17-33-25)26(31)28-14-20-5-4-11-32-20/h2-7,9,11-13,17,27H,8,10,14-16H2,1H3,(H,28,31). The number of oxazole rings is 1. The summed E-state index contributed by atoms with van der Waals surface area (Å²) < 4.78 is 10.9. The molecule has 0 radical (unpaired) electrons. The lowest BCUT2D eigenvalue weighted by Crippen LogP contribution is -2.26. The molecule has 4 heterocycles. The first-order valence-electron chi connectivity index (χ1n) is 11.2. The quantitative estimate of drug-likeness (QED) is 0.287. The molecule has 0 unspecified atom stereocenters. The van der Waals surface area contributed by atoms with Gasteiger partial charge < -0.3 is 19.1 Å². The number of carbonyl (C=O) groups is 1. The van der Waals surface area contributed by atoms with Crippen molar-refractivity contribution in [2.75, 3.05) is 6.54 Å². The van der Waals surface area contributed by atoms with Gasteiger partial charge in [-0.2, -0.15) is 0 Å². The van der Waals surface area contributed by atoms with Gasteiger partial charge in [0.15, 0.2) is 5.69 Å². The number of H-pyrrole nitrogens is 1. The van der Waals surface area contributed by atoms with Crippen LogP contribution in [0.5, 0.6) is 0 Å². The number of fused-ring (bicyclic) bond motifs is 1. The molecule has 0 bridgehead atoms. The molecule has 4 aromatic heterocycles. The van der Waals surface area contributed by atoms with Crippen LogP contribution in [0.2, 0.25) is 0 Å². The lowest BCUT2D eigenvalue weighted by atomic mass is 10.1. The second-order valence-corrected chi connectivity index (χ2v) is 9.24. The Kier molecular flexibility index (Phi) is 6.60. The summed E-state index contributed by atoms with van der Waals surface area (Å²) in [7, 11) is 0. The molecular formula is C26H26N4O3S. The molecular weight excluding hydrogens is 448 g/mol. The molecule has 7 nitrogen and oxygen atoms in total. The van der Waals surface area contributed by atoms with Crippen LogP contribution in [0.15, 0.2) is 75.4 Å². The van der Waals surface area contributed by atoms with Crippen molar-refractivity contribution in [1.29, 1.82) is 0 Å². The summed E-state index contributed by atoms with van der Waals surface area (Å²) in [5, 5.41) is 6.17. The van der Waals surface area contributed by atoms with E-state index in [1.165, 1.54) is 27.7 Å². The van der Waals surface area contributed by atoms with Crippen molar-refractivity contribution in [3.8, 4) is 0 Å². The molecule has 5 rings (SSSR count). The number of carbonyl (C=O) groups excluding carboxylic acids is 1. The van der Waals surface area contributed by atoms with Crippen LogP contribution in [0.25, 0.3) is 10.9 Å². The summed E-state index contributed by atoms with van der Waals surface area (Å²) in [6.45, 7) is 4.60. The average molecular weight is 475 g/mol. The zero-order chi connectivity index (χ0) is 23.3. The van der Waals surface area contributed by atoms with E-state index in [9.17, 15) is 4.79 Å². The molecule has 0 saturated carbocycles. The molecule has 1 amide bonds. The van der Waals surface area contributed by atoms with Gasteiger partial charge >= 0.3 is 0 Å². The number of nitrogens with zero attached hydrogens (tertiary/aromatic N) is 2. The van der Waals surface area contributed by atoms with Crippen molar-refractivity contribution in [3.63, 3.8) is 0 Å². The topological polar surface area (TPSA) is 87.3 Å². The fourth-order valence-corrected chi connectivity index (χ4v) is 4.90. The summed E-state index contributed by atoms with van der Waals surface area (Å²) in [5.41, 5.74) is 3.99. The van der Waals surface area contributed by atoms with Crippen molar-refractivity contribution in [1.82, 2.24) is 20.2 Å². The number of thiophene rings is 1. The Bertz CT molecular complexity index is 1370. The summed E-state index contributed by atoms with van der Waals surface area (Å²) in [6, 6.07) is 14.1. The van der Waals surface area contributed by atoms with Gasteiger partial charge in [0, 0.05) is 35.1 Å². The zero-order valence-electron chi connectivity index (χ0n) is 18.9. The number of hydrogen-bond donors (Lipinski definition) is 2. The Morgan fingerprint density at radius 3 is 2.88 bits per heavy atom. The van der Waals surface area contributed by atoms with Gasteiger partial charge in [-0.1, -0.05) is 18.2 Å². The maximum Gasteiger partial charge on any atom is 0.273 e. The number of amides is 1. The Morgan fingerprint density at radius 2 is 2.06 bits per heavy atom. The molecule has 0 saturated heterocycles. The summed E-state index contributed by atoms with van der Waals surface area (Å²) in [4.78, 5) is 23.9. The van der Waals surface area contributed by atoms with Crippen LogP contribution < -0.4 is 5.32 Å². The molecule has 0 spiro atoms. The predicted octanol–water partition coefficient (Wildman–Crippen LogP) is 5.29. The van der Waals surface area contributed by atoms with E-state index in [0.717, 1.165) is 25.0 Å². The van der Waals surface area contributed by atoms with E-state index in [4.69, 9.17) is 8.83 Å². The number of aromatic amines is 1. The van der Waals surface area contributed by atoms with Gasteiger partial charge in [-0.3, -0.25) is 9.69 Å². The van der Waals surface area contributed by atoms with Crippen LogP contribution in [-0.2, 0) is 26.1 Å². The number of para-hydroxylation sites is 1. The van der Waals surface area contributed by atoms with Crippen LogP contribution in [0.3, 0.4) is 0 Å². The van der Waals surface area contributed by atoms with Crippen molar-refractivity contribution >= 4 is 28.1 Å². The van der Waals surface area contributed by atoms with Gasteiger partial charge in [-0.25, -0.2) is 4.98 Å². The third-order valence-corrected chi connectivity index (χ3v) is 6.86. The Labute approximate surface area is 201 Å². The van der Waals surface area contributed by atoms with E-state index in [0.29, 0.717) is 24.7 Å². The van der Waals surface area contributed by atoms with Gasteiger partial charge in [0.1, 0.15) is 12.0 Å².